The normalized spacial score (nSPS) is 11.1. The zero-order valence-electron chi connectivity index (χ0n) is 17.0. The van der Waals surface area contributed by atoms with Crippen molar-refractivity contribution in [3.8, 4) is 11.4 Å². The predicted octanol–water partition coefficient (Wildman–Crippen LogP) is 5.18. The maximum atomic E-state index is 12.4. The third kappa shape index (κ3) is 5.06. The highest BCUT2D eigenvalue weighted by Crippen LogP contribution is 2.31. The Morgan fingerprint density at radius 3 is 2.80 bits per heavy atom. The fourth-order valence-electron chi connectivity index (χ4n) is 2.97. The summed E-state index contributed by atoms with van der Waals surface area (Å²) in [6, 6.07) is 8.34. The third-order valence-corrected chi connectivity index (χ3v) is 6.24. The van der Waals surface area contributed by atoms with E-state index in [1.54, 1.807) is 23.5 Å². The molecule has 8 nitrogen and oxygen atoms in total. The number of anilines is 1. The van der Waals surface area contributed by atoms with E-state index in [0.717, 1.165) is 24.2 Å². The summed E-state index contributed by atoms with van der Waals surface area (Å²) < 4.78 is 2.01. The van der Waals surface area contributed by atoms with Crippen LogP contribution in [0.3, 0.4) is 0 Å². The van der Waals surface area contributed by atoms with Crippen LogP contribution in [0.25, 0.3) is 11.4 Å². The first kappa shape index (κ1) is 22.0. The number of thioether (sulfide) groups is 1. The SMILES string of the molecule is CCCc1cc(-c2nnc(SCC(=O)Nc3ccccc3[N+](=O)[O-])n2C(C)C)cs1. The quantitative estimate of drug-likeness (QED) is 0.277. The first-order valence-electron chi connectivity index (χ1n) is 9.59. The molecule has 0 aliphatic heterocycles. The lowest BCUT2D eigenvalue weighted by molar-refractivity contribution is -0.383. The summed E-state index contributed by atoms with van der Waals surface area (Å²) in [5.74, 6) is 0.516. The summed E-state index contributed by atoms with van der Waals surface area (Å²) in [4.78, 5) is 24.3. The molecule has 0 atom stereocenters. The fourth-order valence-corrected chi connectivity index (χ4v) is 4.80. The number of carbonyl (C=O) groups excluding carboxylic acids is 1. The van der Waals surface area contributed by atoms with Crippen LogP contribution in [0, 0.1) is 10.1 Å². The van der Waals surface area contributed by atoms with E-state index >= 15 is 0 Å². The van der Waals surface area contributed by atoms with Crippen molar-refractivity contribution < 1.29 is 9.72 Å². The van der Waals surface area contributed by atoms with Gasteiger partial charge in [0.15, 0.2) is 11.0 Å². The van der Waals surface area contributed by atoms with Crippen molar-refractivity contribution in [1.82, 2.24) is 14.8 Å². The molecular weight excluding hydrogens is 422 g/mol. The second-order valence-corrected chi connectivity index (χ2v) is 8.87. The van der Waals surface area contributed by atoms with E-state index in [-0.39, 0.29) is 29.1 Å². The summed E-state index contributed by atoms with van der Waals surface area (Å²) in [5, 5.41) is 25.1. The van der Waals surface area contributed by atoms with Gasteiger partial charge in [-0.2, -0.15) is 0 Å². The molecule has 158 valence electrons. The second-order valence-electron chi connectivity index (χ2n) is 6.93. The van der Waals surface area contributed by atoms with Crippen molar-refractivity contribution in [2.45, 2.75) is 44.8 Å². The van der Waals surface area contributed by atoms with E-state index in [0.29, 0.717) is 5.16 Å². The van der Waals surface area contributed by atoms with Gasteiger partial charge >= 0.3 is 0 Å². The van der Waals surface area contributed by atoms with Crippen molar-refractivity contribution in [2.24, 2.45) is 0 Å². The Labute approximate surface area is 182 Å². The largest absolute Gasteiger partial charge is 0.320 e. The molecule has 10 heteroatoms. The molecule has 0 saturated carbocycles. The zero-order chi connectivity index (χ0) is 21.7. The van der Waals surface area contributed by atoms with Crippen LogP contribution >= 0.6 is 23.1 Å². The first-order chi connectivity index (χ1) is 14.4. The van der Waals surface area contributed by atoms with Gasteiger partial charge in [0.2, 0.25) is 5.91 Å². The van der Waals surface area contributed by atoms with Gasteiger partial charge in [0.1, 0.15) is 5.69 Å². The topological polar surface area (TPSA) is 103 Å². The monoisotopic (exact) mass is 445 g/mol. The zero-order valence-corrected chi connectivity index (χ0v) is 18.6. The standard InChI is InChI=1S/C20H23N5O3S2/c1-4-7-15-10-14(11-29-15)19-22-23-20(24(19)13(2)3)30-12-18(26)21-16-8-5-6-9-17(16)25(27)28/h5-6,8-11,13H,4,7,12H2,1-3H3,(H,21,26). The van der Waals surface area contributed by atoms with Gasteiger partial charge in [0, 0.05) is 27.9 Å². The Hall–Kier alpha value is -2.72. The number of carbonyl (C=O) groups is 1. The van der Waals surface area contributed by atoms with Crippen LogP contribution < -0.4 is 5.32 Å². The van der Waals surface area contributed by atoms with Crippen molar-refractivity contribution in [3.63, 3.8) is 0 Å². The molecule has 1 aromatic carbocycles. The number of para-hydroxylation sites is 2. The minimum atomic E-state index is -0.516. The molecule has 3 aromatic rings. The van der Waals surface area contributed by atoms with Gasteiger partial charge in [-0.15, -0.1) is 21.5 Å². The van der Waals surface area contributed by atoms with Crippen molar-refractivity contribution in [2.75, 3.05) is 11.1 Å². The van der Waals surface area contributed by atoms with E-state index in [2.05, 4.69) is 33.9 Å². The number of nitrogens with zero attached hydrogens (tertiary/aromatic N) is 4. The van der Waals surface area contributed by atoms with E-state index < -0.39 is 4.92 Å². The molecule has 30 heavy (non-hydrogen) atoms. The lowest BCUT2D eigenvalue weighted by Gasteiger charge is -2.13. The first-order valence-corrected chi connectivity index (χ1v) is 11.5. The number of nitro groups is 1. The summed E-state index contributed by atoms with van der Waals surface area (Å²) in [7, 11) is 0. The fraction of sp³-hybridized carbons (Fsp3) is 0.350. The average Bonchev–Trinajstić information content (AvgIpc) is 3.33. The van der Waals surface area contributed by atoms with Gasteiger partial charge in [-0.1, -0.05) is 37.2 Å². The molecule has 1 N–H and O–H groups in total. The van der Waals surface area contributed by atoms with Gasteiger partial charge in [-0.3, -0.25) is 19.5 Å². The predicted molar refractivity (Wildman–Crippen MR) is 120 cm³/mol. The minimum absolute atomic E-state index is 0.0711. The van der Waals surface area contributed by atoms with Gasteiger partial charge < -0.3 is 5.32 Å². The molecule has 0 radical (unpaired) electrons. The van der Waals surface area contributed by atoms with Crippen LogP contribution in [-0.2, 0) is 11.2 Å². The molecule has 2 heterocycles. The third-order valence-electron chi connectivity index (χ3n) is 4.30. The summed E-state index contributed by atoms with van der Waals surface area (Å²) in [6.45, 7) is 6.24. The molecule has 0 fully saturated rings. The van der Waals surface area contributed by atoms with E-state index in [1.165, 1.54) is 28.8 Å². The van der Waals surface area contributed by atoms with Crippen LogP contribution in [-0.4, -0.2) is 31.3 Å². The van der Waals surface area contributed by atoms with Crippen LogP contribution in [0.2, 0.25) is 0 Å². The maximum Gasteiger partial charge on any atom is 0.292 e. The number of thiophene rings is 1. The van der Waals surface area contributed by atoms with Gasteiger partial charge in [-0.05, 0) is 32.4 Å². The average molecular weight is 446 g/mol. The smallest absolute Gasteiger partial charge is 0.292 e. The van der Waals surface area contributed by atoms with Crippen LogP contribution in [0.4, 0.5) is 11.4 Å². The van der Waals surface area contributed by atoms with Crippen LogP contribution in [0.5, 0.6) is 0 Å². The number of nitrogens with one attached hydrogen (secondary N) is 1. The summed E-state index contributed by atoms with van der Waals surface area (Å²) in [6.07, 6.45) is 2.13. The number of benzene rings is 1. The van der Waals surface area contributed by atoms with E-state index in [1.807, 2.05) is 18.4 Å². The van der Waals surface area contributed by atoms with E-state index in [9.17, 15) is 14.9 Å². The number of hydrogen-bond donors (Lipinski definition) is 1. The lowest BCUT2D eigenvalue weighted by atomic mass is 10.2. The highest BCUT2D eigenvalue weighted by atomic mass is 32.2. The number of aryl methyl sites for hydroxylation is 1. The number of amides is 1. The Morgan fingerprint density at radius 2 is 2.10 bits per heavy atom. The molecule has 0 aliphatic carbocycles. The van der Waals surface area contributed by atoms with Crippen molar-refractivity contribution >= 4 is 40.4 Å². The second kappa shape index (κ2) is 9.86. The molecule has 1 amide bonds. The Morgan fingerprint density at radius 1 is 1.33 bits per heavy atom. The molecule has 0 spiro atoms. The summed E-state index contributed by atoms with van der Waals surface area (Å²) >= 11 is 2.98. The molecule has 2 aromatic heterocycles. The number of rotatable bonds is 9. The number of aromatic nitrogens is 3. The maximum absolute atomic E-state index is 12.4. The Bertz CT molecular complexity index is 1040. The van der Waals surface area contributed by atoms with E-state index in [4.69, 9.17) is 0 Å². The van der Waals surface area contributed by atoms with Crippen LogP contribution in [0.1, 0.15) is 38.1 Å². The molecular formula is C20H23N5O3S2. The van der Waals surface area contributed by atoms with Gasteiger partial charge in [0.05, 0.1) is 10.7 Å². The molecule has 0 saturated heterocycles. The number of hydrogen-bond acceptors (Lipinski definition) is 7. The van der Waals surface area contributed by atoms with Gasteiger partial charge in [-0.25, -0.2) is 0 Å². The number of nitro benzene ring substituents is 1. The van der Waals surface area contributed by atoms with Gasteiger partial charge in [0.25, 0.3) is 5.69 Å². The minimum Gasteiger partial charge on any atom is -0.320 e. The van der Waals surface area contributed by atoms with Crippen molar-refractivity contribution in [1.29, 1.82) is 0 Å². The Kier molecular flexibility index (Phi) is 7.22. The molecule has 0 bridgehead atoms. The highest BCUT2D eigenvalue weighted by Gasteiger charge is 2.20. The van der Waals surface area contributed by atoms with Crippen molar-refractivity contribution in [3.05, 3.63) is 50.7 Å². The van der Waals surface area contributed by atoms with Crippen LogP contribution in [0.15, 0.2) is 40.9 Å². The highest BCUT2D eigenvalue weighted by molar-refractivity contribution is 7.99. The summed E-state index contributed by atoms with van der Waals surface area (Å²) in [5.41, 5.74) is 1.07. The molecule has 3 rings (SSSR count). The molecule has 0 unspecified atom stereocenters. The Balaban J connectivity index is 1.73. The lowest BCUT2D eigenvalue weighted by Crippen LogP contribution is -2.16. The molecule has 0 aliphatic rings.